The molecule has 0 radical (unpaired) electrons. The van der Waals surface area contributed by atoms with Crippen LogP contribution in [0.25, 0.3) is 11.8 Å². The van der Waals surface area contributed by atoms with E-state index in [-0.39, 0.29) is 5.76 Å². The van der Waals surface area contributed by atoms with Crippen molar-refractivity contribution >= 4 is 23.4 Å². The average Bonchev–Trinajstić information content (AvgIpc) is 2.31. The van der Waals surface area contributed by atoms with Crippen LogP contribution in [0.4, 0.5) is 0 Å². The fourth-order valence-corrected chi connectivity index (χ4v) is 1.58. The third kappa shape index (κ3) is 2.41. The summed E-state index contributed by atoms with van der Waals surface area (Å²) in [5.74, 6) is 0.115. The van der Waals surface area contributed by atoms with Gasteiger partial charge in [0.2, 0.25) is 0 Å². The molecule has 0 saturated carbocycles. The summed E-state index contributed by atoms with van der Waals surface area (Å²) in [6.07, 6.45) is 3.26. The molecule has 1 aromatic carbocycles. The predicted molar refractivity (Wildman–Crippen MR) is 66.2 cm³/mol. The molecule has 2 rings (SSSR count). The number of aliphatic hydroxyl groups is 1. The van der Waals surface area contributed by atoms with Crippen LogP contribution in [0.3, 0.4) is 0 Å². The van der Waals surface area contributed by atoms with Crippen LogP contribution in [0.5, 0.6) is 0 Å². The summed E-state index contributed by atoms with van der Waals surface area (Å²) in [7, 11) is 0. The van der Waals surface area contributed by atoms with E-state index in [1.54, 1.807) is 24.4 Å². The zero-order valence-corrected chi connectivity index (χ0v) is 9.22. The molecule has 80 valence electrons. The van der Waals surface area contributed by atoms with E-state index in [2.05, 4.69) is 4.98 Å². The second kappa shape index (κ2) is 4.81. The molecule has 0 fully saturated rings. The first-order valence-electron chi connectivity index (χ1n) is 4.84. The molecule has 0 spiro atoms. The van der Waals surface area contributed by atoms with E-state index in [0.29, 0.717) is 16.3 Å². The van der Waals surface area contributed by atoms with Crippen molar-refractivity contribution in [3.05, 3.63) is 64.9 Å². The number of aliphatic hydroxyl groups excluding tert-OH is 1. The Morgan fingerprint density at radius 2 is 1.88 bits per heavy atom. The lowest BCUT2D eigenvalue weighted by Gasteiger charge is -2.02. The van der Waals surface area contributed by atoms with Crippen LogP contribution in [0, 0.1) is 0 Å². The van der Waals surface area contributed by atoms with Gasteiger partial charge in [-0.05, 0) is 24.3 Å². The lowest BCUT2D eigenvalue weighted by Crippen LogP contribution is -1.85. The maximum atomic E-state index is 9.89. The maximum absolute atomic E-state index is 9.89. The van der Waals surface area contributed by atoms with Crippen molar-refractivity contribution in [2.75, 3.05) is 0 Å². The summed E-state index contributed by atoms with van der Waals surface area (Å²) in [6, 6.07) is 12.6. The molecule has 2 aromatic rings. The van der Waals surface area contributed by atoms with Crippen LogP contribution >= 0.6 is 11.6 Å². The van der Waals surface area contributed by atoms with Crippen LogP contribution < -0.4 is 0 Å². The van der Waals surface area contributed by atoms with Crippen molar-refractivity contribution in [2.45, 2.75) is 0 Å². The fourth-order valence-electron chi connectivity index (χ4n) is 1.35. The zero-order chi connectivity index (χ0) is 11.4. The Kier molecular flexibility index (Phi) is 3.22. The Morgan fingerprint density at radius 3 is 2.56 bits per heavy atom. The normalized spacial score (nSPS) is 11.4. The van der Waals surface area contributed by atoms with Gasteiger partial charge in [-0.15, -0.1) is 0 Å². The molecule has 0 unspecified atom stereocenters. The number of benzene rings is 1. The van der Waals surface area contributed by atoms with Gasteiger partial charge in [0.15, 0.2) is 0 Å². The number of halogens is 1. The van der Waals surface area contributed by atoms with Gasteiger partial charge in [-0.1, -0.05) is 29.8 Å². The van der Waals surface area contributed by atoms with Crippen molar-refractivity contribution in [1.82, 2.24) is 4.98 Å². The third-order valence-corrected chi connectivity index (χ3v) is 2.45. The van der Waals surface area contributed by atoms with Crippen molar-refractivity contribution < 1.29 is 5.11 Å². The Bertz CT molecular complexity index is 508. The SMILES string of the molecule is O/C(=C/c1ccccn1)c1ccccc1Cl. The molecular weight excluding hydrogens is 222 g/mol. The van der Waals surface area contributed by atoms with E-state index in [0.717, 1.165) is 0 Å². The summed E-state index contributed by atoms with van der Waals surface area (Å²) in [5.41, 5.74) is 1.30. The molecule has 1 heterocycles. The van der Waals surface area contributed by atoms with Crippen LogP contribution in [-0.4, -0.2) is 10.1 Å². The van der Waals surface area contributed by atoms with Gasteiger partial charge in [-0.2, -0.15) is 0 Å². The molecule has 0 aliphatic carbocycles. The molecule has 3 heteroatoms. The molecular formula is C13H10ClNO. The first-order valence-corrected chi connectivity index (χ1v) is 5.22. The molecule has 2 nitrogen and oxygen atoms in total. The number of hydrogen-bond donors (Lipinski definition) is 1. The number of rotatable bonds is 2. The minimum absolute atomic E-state index is 0.115. The van der Waals surface area contributed by atoms with Crippen LogP contribution in [0.2, 0.25) is 5.02 Å². The van der Waals surface area contributed by atoms with Crippen LogP contribution in [-0.2, 0) is 0 Å². The van der Waals surface area contributed by atoms with Gasteiger partial charge < -0.3 is 5.11 Å². The van der Waals surface area contributed by atoms with Gasteiger partial charge in [0.25, 0.3) is 0 Å². The van der Waals surface area contributed by atoms with Gasteiger partial charge in [-0.25, -0.2) is 0 Å². The first kappa shape index (κ1) is 10.7. The highest BCUT2D eigenvalue weighted by atomic mass is 35.5. The van der Waals surface area contributed by atoms with Crippen molar-refractivity contribution in [3.8, 4) is 0 Å². The second-order valence-electron chi connectivity index (χ2n) is 3.26. The average molecular weight is 232 g/mol. The van der Waals surface area contributed by atoms with Gasteiger partial charge >= 0.3 is 0 Å². The third-order valence-electron chi connectivity index (χ3n) is 2.12. The first-order chi connectivity index (χ1) is 7.77. The number of pyridine rings is 1. The number of hydrogen-bond acceptors (Lipinski definition) is 2. The monoisotopic (exact) mass is 231 g/mol. The molecule has 0 aliphatic heterocycles. The predicted octanol–water partition coefficient (Wildman–Crippen LogP) is 3.79. The highest BCUT2D eigenvalue weighted by Crippen LogP contribution is 2.22. The summed E-state index contributed by atoms with van der Waals surface area (Å²) in [6.45, 7) is 0. The smallest absolute Gasteiger partial charge is 0.126 e. The summed E-state index contributed by atoms with van der Waals surface area (Å²) in [5, 5.41) is 10.4. The lowest BCUT2D eigenvalue weighted by atomic mass is 10.1. The zero-order valence-electron chi connectivity index (χ0n) is 8.47. The second-order valence-corrected chi connectivity index (χ2v) is 3.67. The molecule has 1 aromatic heterocycles. The van der Waals surface area contributed by atoms with Gasteiger partial charge in [0.05, 0.1) is 10.7 Å². The Balaban J connectivity index is 2.36. The van der Waals surface area contributed by atoms with E-state index in [9.17, 15) is 5.11 Å². The van der Waals surface area contributed by atoms with Crippen molar-refractivity contribution in [2.24, 2.45) is 0 Å². The van der Waals surface area contributed by atoms with Gasteiger partial charge in [0.1, 0.15) is 5.76 Å². The Morgan fingerprint density at radius 1 is 1.12 bits per heavy atom. The maximum Gasteiger partial charge on any atom is 0.126 e. The Labute approximate surface area is 98.8 Å². The summed E-state index contributed by atoms with van der Waals surface area (Å²) >= 11 is 5.96. The van der Waals surface area contributed by atoms with E-state index in [4.69, 9.17) is 11.6 Å². The van der Waals surface area contributed by atoms with E-state index < -0.39 is 0 Å². The largest absolute Gasteiger partial charge is 0.507 e. The van der Waals surface area contributed by atoms with Gasteiger partial charge in [-0.3, -0.25) is 4.98 Å². The minimum atomic E-state index is 0.115. The quantitative estimate of drug-likeness (QED) is 0.798. The highest BCUT2D eigenvalue weighted by Gasteiger charge is 2.03. The van der Waals surface area contributed by atoms with Gasteiger partial charge in [0, 0.05) is 17.8 Å². The van der Waals surface area contributed by atoms with E-state index in [1.807, 2.05) is 30.3 Å². The van der Waals surface area contributed by atoms with Crippen LogP contribution in [0.1, 0.15) is 11.3 Å². The Hall–Kier alpha value is -1.80. The van der Waals surface area contributed by atoms with E-state index >= 15 is 0 Å². The van der Waals surface area contributed by atoms with Crippen molar-refractivity contribution in [3.63, 3.8) is 0 Å². The van der Waals surface area contributed by atoms with Crippen molar-refractivity contribution in [1.29, 1.82) is 0 Å². The topological polar surface area (TPSA) is 33.1 Å². The molecule has 1 N–H and O–H groups in total. The number of aromatic nitrogens is 1. The molecule has 0 saturated heterocycles. The molecule has 16 heavy (non-hydrogen) atoms. The molecule has 0 atom stereocenters. The van der Waals surface area contributed by atoms with Crippen LogP contribution in [0.15, 0.2) is 48.7 Å². The fraction of sp³-hybridized carbons (Fsp3) is 0. The molecule has 0 amide bonds. The number of nitrogens with zero attached hydrogens (tertiary/aromatic N) is 1. The summed E-state index contributed by atoms with van der Waals surface area (Å²) < 4.78 is 0. The lowest BCUT2D eigenvalue weighted by molar-refractivity contribution is 0.515. The molecule has 0 bridgehead atoms. The standard InChI is InChI=1S/C13H10ClNO/c14-12-7-2-1-6-11(12)13(16)9-10-5-3-4-8-15-10/h1-9,16H/b13-9+. The molecule has 0 aliphatic rings. The van der Waals surface area contributed by atoms with E-state index in [1.165, 1.54) is 0 Å². The highest BCUT2D eigenvalue weighted by molar-refractivity contribution is 6.32. The minimum Gasteiger partial charge on any atom is -0.507 e. The summed E-state index contributed by atoms with van der Waals surface area (Å²) in [4.78, 5) is 4.09.